The normalized spacial score (nSPS) is 23.9. The molecular weight excluding hydrogens is 283 g/mol. The van der Waals surface area contributed by atoms with Crippen molar-refractivity contribution in [2.24, 2.45) is 0 Å². The molecule has 6 nitrogen and oxygen atoms in total. The van der Waals surface area contributed by atoms with Crippen molar-refractivity contribution in [1.82, 2.24) is 9.96 Å². The molecule has 2 bridgehead atoms. The summed E-state index contributed by atoms with van der Waals surface area (Å²) in [6, 6.07) is 8.27. The number of nitrogens with zero attached hydrogens (tertiary/aromatic N) is 2. The summed E-state index contributed by atoms with van der Waals surface area (Å²) in [6.07, 6.45) is 1.04. The van der Waals surface area contributed by atoms with Gasteiger partial charge in [0.1, 0.15) is 6.61 Å². The second-order valence-electron chi connectivity index (χ2n) is 5.09. The molecule has 0 spiro atoms. The number of carbonyl (C=O) groups excluding carboxylic acids is 2. The number of carboxylic acid groups (broad SMARTS) is 1. The van der Waals surface area contributed by atoms with E-state index in [-0.39, 0.29) is 41.6 Å². The topological polar surface area (TPSA) is 72.9 Å². The maximum absolute atomic E-state index is 12.2. The van der Waals surface area contributed by atoms with Gasteiger partial charge in [0.2, 0.25) is 0 Å². The summed E-state index contributed by atoms with van der Waals surface area (Å²) < 4.78 is 0. The fourth-order valence-corrected chi connectivity index (χ4v) is 2.76. The van der Waals surface area contributed by atoms with E-state index in [1.165, 1.54) is 9.96 Å². The van der Waals surface area contributed by atoms with E-state index in [2.05, 4.69) is 0 Å². The third-order valence-corrected chi connectivity index (χ3v) is 3.81. The maximum atomic E-state index is 12.2. The molecular formula is C14H15N2NaO4. The molecule has 106 valence electrons. The second kappa shape index (κ2) is 6.79. The smallest absolute Gasteiger partial charge is 0.548 e. The van der Waals surface area contributed by atoms with Crippen LogP contribution in [0.3, 0.4) is 0 Å². The molecule has 2 atom stereocenters. The van der Waals surface area contributed by atoms with Crippen LogP contribution in [-0.4, -0.2) is 40.6 Å². The fourth-order valence-electron chi connectivity index (χ4n) is 2.76. The fraction of sp³-hybridized carbons (Fsp3) is 0.429. The minimum atomic E-state index is -1.19. The van der Waals surface area contributed by atoms with E-state index in [0.29, 0.717) is 26.0 Å². The van der Waals surface area contributed by atoms with Gasteiger partial charge in [0.15, 0.2) is 0 Å². The number of carbonyl (C=O) groups is 2. The molecule has 2 heterocycles. The number of hydroxylamine groups is 2. The molecule has 0 N–H and O–H groups in total. The third-order valence-electron chi connectivity index (χ3n) is 3.81. The van der Waals surface area contributed by atoms with Crippen molar-refractivity contribution < 1.29 is 49.1 Å². The number of hydrogen-bond acceptors (Lipinski definition) is 4. The predicted octanol–water partition coefficient (Wildman–Crippen LogP) is -2.86. The minimum Gasteiger partial charge on any atom is -0.548 e. The number of rotatable bonds is 4. The summed E-state index contributed by atoms with van der Waals surface area (Å²) in [5.74, 6) is -1.19. The first-order valence-electron chi connectivity index (χ1n) is 6.64. The number of piperidine rings is 1. The monoisotopic (exact) mass is 298 g/mol. The Bertz CT molecular complexity index is 525. The zero-order valence-electron chi connectivity index (χ0n) is 11.9. The summed E-state index contributed by atoms with van der Waals surface area (Å²) >= 11 is 0. The molecule has 2 aliphatic rings. The maximum Gasteiger partial charge on any atom is 1.00 e. The first-order chi connectivity index (χ1) is 9.66. The number of fused-ring (bicyclic) bond motifs is 2. The number of carboxylic acids is 1. The van der Waals surface area contributed by atoms with Crippen LogP contribution in [0.25, 0.3) is 0 Å². The Balaban J connectivity index is 0.00000161. The first-order valence-corrected chi connectivity index (χ1v) is 6.64. The molecule has 0 aliphatic carbocycles. The zero-order chi connectivity index (χ0) is 14.1. The Kier molecular flexibility index (Phi) is 5.27. The Morgan fingerprint density at radius 2 is 2.00 bits per heavy atom. The molecule has 1 aromatic carbocycles. The van der Waals surface area contributed by atoms with Crippen molar-refractivity contribution in [3.63, 3.8) is 0 Å². The second-order valence-corrected chi connectivity index (χ2v) is 5.09. The van der Waals surface area contributed by atoms with Crippen molar-refractivity contribution in [2.45, 2.75) is 31.5 Å². The van der Waals surface area contributed by atoms with E-state index < -0.39 is 12.0 Å². The summed E-state index contributed by atoms with van der Waals surface area (Å²) in [6.45, 7) is 0.694. The van der Waals surface area contributed by atoms with Gasteiger partial charge in [-0.15, -0.1) is 0 Å². The quantitative estimate of drug-likeness (QED) is 0.561. The molecule has 2 saturated heterocycles. The van der Waals surface area contributed by atoms with Gasteiger partial charge in [-0.05, 0) is 18.4 Å². The Morgan fingerprint density at radius 3 is 2.67 bits per heavy atom. The SMILES string of the molecule is O=C([O-])[C@@H]1CCC2CN1C(=O)N2OCc1ccccc1.[Na+]. The molecule has 0 aromatic heterocycles. The van der Waals surface area contributed by atoms with Crippen LogP contribution < -0.4 is 34.7 Å². The van der Waals surface area contributed by atoms with Gasteiger partial charge in [0.25, 0.3) is 0 Å². The van der Waals surface area contributed by atoms with E-state index in [4.69, 9.17) is 4.84 Å². The number of aliphatic carboxylic acids is 1. The molecule has 2 aliphatic heterocycles. The summed E-state index contributed by atoms with van der Waals surface area (Å²) in [5.41, 5.74) is 0.966. The van der Waals surface area contributed by atoms with Crippen molar-refractivity contribution >= 4 is 12.0 Å². The van der Waals surface area contributed by atoms with Crippen molar-refractivity contribution in [3.8, 4) is 0 Å². The molecule has 1 aromatic rings. The van der Waals surface area contributed by atoms with Crippen molar-refractivity contribution in [3.05, 3.63) is 35.9 Å². The van der Waals surface area contributed by atoms with E-state index >= 15 is 0 Å². The molecule has 2 fully saturated rings. The van der Waals surface area contributed by atoms with Crippen LogP contribution in [0.2, 0.25) is 0 Å². The van der Waals surface area contributed by atoms with Crippen molar-refractivity contribution in [1.29, 1.82) is 0 Å². The van der Waals surface area contributed by atoms with Gasteiger partial charge in [-0.2, -0.15) is 5.06 Å². The third kappa shape index (κ3) is 3.23. The Hall–Kier alpha value is -1.08. The first kappa shape index (κ1) is 16.3. The van der Waals surface area contributed by atoms with E-state index in [1.807, 2.05) is 30.3 Å². The number of hydrogen-bond donors (Lipinski definition) is 0. The number of amides is 2. The molecule has 3 rings (SSSR count). The summed E-state index contributed by atoms with van der Waals surface area (Å²) in [7, 11) is 0. The molecule has 0 saturated carbocycles. The predicted molar refractivity (Wildman–Crippen MR) is 67.0 cm³/mol. The van der Waals surface area contributed by atoms with Crippen molar-refractivity contribution in [2.75, 3.05) is 6.54 Å². The summed E-state index contributed by atoms with van der Waals surface area (Å²) in [4.78, 5) is 30.1. The van der Waals surface area contributed by atoms with Gasteiger partial charge < -0.3 is 14.8 Å². The average molecular weight is 298 g/mol. The Labute approximate surface area is 144 Å². The average Bonchev–Trinajstić information content (AvgIpc) is 2.70. The zero-order valence-corrected chi connectivity index (χ0v) is 13.9. The van der Waals surface area contributed by atoms with Crippen LogP contribution >= 0.6 is 0 Å². The van der Waals surface area contributed by atoms with Crippen LogP contribution in [0.15, 0.2) is 30.3 Å². The van der Waals surface area contributed by atoms with Crippen LogP contribution in [0.1, 0.15) is 18.4 Å². The van der Waals surface area contributed by atoms with E-state index in [0.717, 1.165) is 5.56 Å². The Morgan fingerprint density at radius 1 is 1.29 bits per heavy atom. The van der Waals surface area contributed by atoms with Gasteiger partial charge in [-0.3, -0.25) is 4.84 Å². The van der Waals surface area contributed by atoms with Gasteiger partial charge in [-0.1, -0.05) is 30.3 Å². The molecule has 21 heavy (non-hydrogen) atoms. The molecule has 1 unspecified atom stereocenters. The largest absolute Gasteiger partial charge is 1.00 e. The van der Waals surface area contributed by atoms with Crippen LogP contribution in [0.5, 0.6) is 0 Å². The van der Waals surface area contributed by atoms with E-state index in [1.54, 1.807) is 0 Å². The summed E-state index contributed by atoms with van der Waals surface area (Å²) in [5, 5.41) is 12.3. The molecule has 2 amide bonds. The van der Waals surface area contributed by atoms with Gasteiger partial charge >= 0.3 is 35.6 Å². The number of benzene rings is 1. The van der Waals surface area contributed by atoms with Gasteiger partial charge in [0, 0.05) is 6.54 Å². The standard InChI is InChI=1S/C14H16N2O4.Na/c17-13(18)12-7-6-11-8-15(12)14(19)16(11)20-9-10-4-2-1-3-5-10;/h1-5,11-12H,6-9H2,(H,17,18);/q;+1/p-1/t11?,12-;/m0./s1. The van der Waals surface area contributed by atoms with Crippen LogP contribution in [0.4, 0.5) is 4.79 Å². The van der Waals surface area contributed by atoms with Crippen LogP contribution in [-0.2, 0) is 16.2 Å². The van der Waals surface area contributed by atoms with Gasteiger partial charge in [-0.25, -0.2) is 4.79 Å². The number of urea groups is 1. The van der Waals surface area contributed by atoms with Crippen LogP contribution in [0, 0.1) is 0 Å². The van der Waals surface area contributed by atoms with E-state index in [9.17, 15) is 14.7 Å². The molecule has 7 heteroatoms. The van der Waals surface area contributed by atoms with Gasteiger partial charge in [0.05, 0.1) is 18.1 Å². The minimum absolute atomic E-state index is 0. The molecule has 0 radical (unpaired) electrons.